The van der Waals surface area contributed by atoms with Crippen LogP contribution in [0.15, 0.2) is 12.1 Å². The Bertz CT molecular complexity index is 833. The van der Waals surface area contributed by atoms with E-state index in [-0.39, 0.29) is 30.7 Å². The number of nitrogens with one attached hydrogen (secondary N) is 1. The molecule has 27 heavy (non-hydrogen) atoms. The van der Waals surface area contributed by atoms with Crippen molar-refractivity contribution in [3.63, 3.8) is 0 Å². The zero-order valence-electron chi connectivity index (χ0n) is 13.7. The van der Waals surface area contributed by atoms with E-state index in [1.165, 1.54) is 6.07 Å². The highest BCUT2D eigenvalue weighted by Crippen LogP contribution is 2.28. The van der Waals surface area contributed by atoms with Crippen LogP contribution >= 0.6 is 45.2 Å². The number of halogens is 4. The highest BCUT2D eigenvalue weighted by atomic mass is 127. The van der Waals surface area contributed by atoms with Gasteiger partial charge in [-0.25, -0.2) is 0 Å². The van der Waals surface area contributed by atoms with Gasteiger partial charge in [0.15, 0.2) is 6.10 Å². The number of rotatable bonds is 8. The fourth-order valence-electron chi connectivity index (χ4n) is 1.80. The van der Waals surface area contributed by atoms with Gasteiger partial charge >= 0.3 is 21.3 Å². The van der Waals surface area contributed by atoms with Crippen molar-refractivity contribution in [2.45, 2.75) is 31.1 Å². The molecule has 1 amide bonds. The van der Waals surface area contributed by atoms with Crippen molar-refractivity contribution in [3.8, 4) is 5.75 Å². The van der Waals surface area contributed by atoms with Gasteiger partial charge < -0.3 is 15.2 Å². The third kappa shape index (κ3) is 6.63. The zero-order valence-corrected chi connectivity index (χ0v) is 18.8. The average molecular weight is 633 g/mol. The number of carbonyl (C=O) groups is 2. The number of phenols is 1. The normalized spacial score (nSPS) is 13.1. The Hall–Kier alpha value is -0.810. The average Bonchev–Trinajstić information content (AvgIpc) is 2.53. The van der Waals surface area contributed by atoms with Gasteiger partial charge in [0, 0.05) is 16.5 Å². The molecule has 0 spiro atoms. The first-order chi connectivity index (χ1) is 12.3. The Morgan fingerprint density at radius 1 is 1.33 bits per heavy atom. The number of esters is 1. The quantitative estimate of drug-likeness (QED) is 0.174. The SMILES string of the molecule is CC(OC(=O)CCCNC(=O)c1cc(I)cc(I)c1O)C(F)(F)S(=O)(=O)O. The van der Waals surface area contributed by atoms with Crippen molar-refractivity contribution in [1.29, 1.82) is 0 Å². The second-order valence-corrected chi connectivity index (χ2v) is 9.21. The smallest absolute Gasteiger partial charge is 0.405 e. The second-order valence-electron chi connectivity index (χ2n) is 5.31. The lowest BCUT2D eigenvalue weighted by Gasteiger charge is -2.20. The van der Waals surface area contributed by atoms with Crippen LogP contribution in [-0.4, -0.2) is 47.9 Å². The Balaban J connectivity index is 2.51. The molecule has 0 aliphatic heterocycles. The lowest BCUT2D eigenvalue weighted by Crippen LogP contribution is -2.42. The summed E-state index contributed by atoms with van der Waals surface area (Å²) in [6, 6.07) is 3.15. The summed E-state index contributed by atoms with van der Waals surface area (Å²) in [6.07, 6.45) is -2.72. The number of ether oxygens (including phenoxy) is 1. The maximum absolute atomic E-state index is 13.3. The van der Waals surface area contributed by atoms with Crippen molar-refractivity contribution in [2.75, 3.05) is 6.54 Å². The molecule has 1 aromatic carbocycles. The molecule has 0 aliphatic carbocycles. The van der Waals surface area contributed by atoms with Gasteiger partial charge in [-0.2, -0.15) is 17.2 Å². The van der Waals surface area contributed by atoms with E-state index in [1.807, 2.05) is 45.2 Å². The number of benzene rings is 1. The molecule has 8 nitrogen and oxygen atoms in total. The third-order valence-corrected chi connectivity index (χ3v) is 5.71. The largest absolute Gasteiger partial charge is 0.506 e. The van der Waals surface area contributed by atoms with Crippen LogP contribution in [0.1, 0.15) is 30.1 Å². The van der Waals surface area contributed by atoms with Gasteiger partial charge in [0.25, 0.3) is 5.91 Å². The van der Waals surface area contributed by atoms with Gasteiger partial charge in [-0.1, -0.05) is 0 Å². The molecule has 0 radical (unpaired) electrons. The topological polar surface area (TPSA) is 130 Å². The monoisotopic (exact) mass is 633 g/mol. The van der Waals surface area contributed by atoms with Crippen LogP contribution in [0.2, 0.25) is 0 Å². The Labute approximate surface area is 181 Å². The lowest BCUT2D eigenvalue weighted by molar-refractivity contribution is -0.159. The van der Waals surface area contributed by atoms with Crippen LogP contribution in [0.3, 0.4) is 0 Å². The van der Waals surface area contributed by atoms with E-state index in [0.717, 1.165) is 3.57 Å². The summed E-state index contributed by atoms with van der Waals surface area (Å²) >= 11 is 3.85. The van der Waals surface area contributed by atoms with E-state index >= 15 is 0 Å². The maximum Gasteiger partial charge on any atom is 0.405 e. The van der Waals surface area contributed by atoms with Gasteiger partial charge in [-0.3, -0.25) is 14.1 Å². The molecule has 1 rings (SSSR count). The molecule has 0 aromatic heterocycles. The molecule has 0 heterocycles. The third-order valence-electron chi connectivity index (χ3n) is 3.24. The van der Waals surface area contributed by atoms with E-state index in [9.17, 15) is 31.9 Å². The molecule has 1 atom stereocenters. The Morgan fingerprint density at radius 2 is 1.93 bits per heavy atom. The molecule has 13 heteroatoms. The van der Waals surface area contributed by atoms with Gasteiger partial charge in [0.1, 0.15) is 5.75 Å². The van der Waals surface area contributed by atoms with Crippen LogP contribution in [-0.2, 0) is 19.6 Å². The van der Waals surface area contributed by atoms with E-state index < -0.39 is 33.4 Å². The first-order valence-corrected chi connectivity index (χ1v) is 10.9. The van der Waals surface area contributed by atoms with E-state index in [1.54, 1.807) is 6.07 Å². The summed E-state index contributed by atoms with van der Waals surface area (Å²) in [7, 11) is -5.72. The van der Waals surface area contributed by atoms with Crippen molar-refractivity contribution in [1.82, 2.24) is 5.32 Å². The maximum atomic E-state index is 13.3. The molecule has 0 aliphatic rings. The van der Waals surface area contributed by atoms with Crippen LogP contribution < -0.4 is 5.32 Å². The van der Waals surface area contributed by atoms with E-state index in [4.69, 9.17) is 4.55 Å². The number of hydrogen-bond acceptors (Lipinski definition) is 6. The van der Waals surface area contributed by atoms with Gasteiger partial charge in [0.2, 0.25) is 0 Å². The highest BCUT2D eigenvalue weighted by molar-refractivity contribution is 14.1. The van der Waals surface area contributed by atoms with Crippen LogP contribution in [0.5, 0.6) is 5.75 Å². The molecule has 0 saturated carbocycles. The number of alkyl halides is 2. The van der Waals surface area contributed by atoms with Crippen molar-refractivity contribution in [2.24, 2.45) is 0 Å². The summed E-state index contributed by atoms with van der Waals surface area (Å²) in [5.41, 5.74) is 0.0512. The summed E-state index contributed by atoms with van der Waals surface area (Å²) in [6.45, 7) is 0.618. The number of amides is 1. The molecule has 3 N–H and O–H groups in total. The van der Waals surface area contributed by atoms with Crippen molar-refractivity contribution < 1.29 is 41.2 Å². The zero-order chi connectivity index (χ0) is 21.0. The molecule has 0 saturated heterocycles. The van der Waals surface area contributed by atoms with Crippen molar-refractivity contribution >= 4 is 67.2 Å². The fourth-order valence-corrected chi connectivity index (χ4v) is 4.12. The number of phenolic OH excluding ortho intramolecular Hbond substituents is 1. The molecule has 0 bridgehead atoms. The Kier molecular flexibility index (Phi) is 8.61. The standard InChI is InChI=1S/C14H15F2I2NO7S/c1-7(14(15,16)27(23,24)25)26-11(20)3-2-4-19-13(22)9-5-8(17)6-10(18)12(9)21/h5-7,21H,2-4H2,1H3,(H,19,22)(H,23,24,25). The number of carbonyl (C=O) groups excluding carboxylic acids is 2. The highest BCUT2D eigenvalue weighted by Gasteiger charge is 2.51. The van der Waals surface area contributed by atoms with Gasteiger partial charge in [0.05, 0.1) is 9.13 Å². The summed E-state index contributed by atoms with van der Waals surface area (Å²) in [5.74, 6) is -1.88. The molecule has 1 aromatic rings. The fraction of sp³-hybridized carbons (Fsp3) is 0.429. The minimum atomic E-state index is -5.72. The second kappa shape index (κ2) is 9.60. The van der Waals surface area contributed by atoms with E-state index in [2.05, 4.69) is 10.1 Å². The van der Waals surface area contributed by atoms with Crippen molar-refractivity contribution in [3.05, 3.63) is 24.8 Å². The molecule has 0 fully saturated rings. The predicted octanol–water partition coefficient (Wildman–Crippen LogP) is 2.52. The van der Waals surface area contributed by atoms with Crippen LogP contribution in [0.25, 0.3) is 0 Å². The van der Waals surface area contributed by atoms with Gasteiger partial charge in [-0.15, -0.1) is 0 Å². The Morgan fingerprint density at radius 3 is 2.48 bits per heavy atom. The molecular formula is C14H15F2I2NO7S. The number of aromatic hydroxyl groups is 1. The van der Waals surface area contributed by atoms with Crippen LogP contribution in [0, 0.1) is 7.14 Å². The minimum Gasteiger partial charge on any atom is -0.506 e. The minimum absolute atomic E-state index is 0.0154. The molecule has 152 valence electrons. The lowest BCUT2D eigenvalue weighted by atomic mass is 10.2. The molecule has 1 unspecified atom stereocenters. The predicted molar refractivity (Wildman–Crippen MR) is 107 cm³/mol. The summed E-state index contributed by atoms with van der Waals surface area (Å²) in [4.78, 5) is 23.5. The summed E-state index contributed by atoms with van der Waals surface area (Å²) < 4.78 is 61.6. The number of hydrogen-bond donors (Lipinski definition) is 3. The van der Waals surface area contributed by atoms with E-state index in [0.29, 0.717) is 10.5 Å². The first kappa shape index (κ1) is 24.2. The van der Waals surface area contributed by atoms with Gasteiger partial charge in [-0.05, 0) is 70.7 Å². The first-order valence-electron chi connectivity index (χ1n) is 7.28. The summed E-state index contributed by atoms with van der Waals surface area (Å²) in [5, 5.41) is 7.72. The van der Waals surface area contributed by atoms with Crippen LogP contribution in [0.4, 0.5) is 8.78 Å². The molecular weight excluding hydrogens is 618 g/mol.